The van der Waals surface area contributed by atoms with E-state index in [1.165, 1.54) is 11.0 Å². The van der Waals surface area contributed by atoms with Gasteiger partial charge in [-0.15, -0.1) is 0 Å². The Morgan fingerprint density at radius 2 is 2.00 bits per heavy atom. The van der Waals surface area contributed by atoms with Gasteiger partial charge in [-0.05, 0) is 57.9 Å². The number of hydrogen-bond donors (Lipinski definition) is 2. The first kappa shape index (κ1) is 20.7. The molecule has 0 spiro atoms. The van der Waals surface area contributed by atoms with Crippen LogP contribution in [0.2, 0.25) is 0 Å². The van der Waals surface area contributed by atoms with E-state index in [4.69, 9.17) is 0 Å². The Balaban J connectivity index is 2.01. The average Bonchev–Trinajstić information content (AvgIpc) is 2.53. The molecular weight excluding hydrogens is 342 g/mol. The lowest BCUT2D eigenvalue weighted by atomic mass is 9.90. The number of benzene rings is 1. The van der Waals surface area contributed by atoms with Gasteiger partial charge >= 0.3 is 0 Å². The largest absolute Gasteiger partial charge is 0.390 e. The van der Waals surface area contributed by atoms with Crippen molar-refractivity contribution in [2.45, 2.75) is 50.9 Å². The zero-order valence-corrected chi connectivity index (χ0v) is 15.6. The van der Waals surface area contributed by atoms with Gasteiger partial charge in [-0.3, -0.25) is 4.79 Å². The van der Waals surface area contributed by atoms with Crippen molar-refractivity contribution in [3.63, 3.8) is 0 Å². The first-order chi connectivity index (χ1) is 12.0. The maximum absolute atomic E-state index is 13.4. The molecule has 1 heterocycles. The fourth-order valence-corrected chi connectivity index (χ4v) is 3.21. The van der Waals surface area contributed by atoms with E-state index in [-0.39, 0.29) is 13.1 Å². The normalized spacial score (nSPS) is 21.5. The molecule has 1 fully saturated rings. The third-order valence-electron chi connectivity index (χ3n) is 4.70. The molecule has 7 heteroatoms. The second-order valence-electron chi connectivity index (χ2n) is 7.91. The molecule has 0 aliphatic carbocycles. The van der Waals surface area contributed by atoms with Crippen LogP contribution in [-0.4, -0.2) is 63.8 Å². The van der Waals surface area contributed by atoms with Gasteiger partial charge in [0, 0.05) is 26.2 Å². The first-order valence-corrected chi connectivity index (χ1v) is 8.87. The van der Waals surface area contributed by atoms with Crippen molar-refractivity contribution in [1.29, 1.82) is 0 Å². The Bertz CT molecular complexity index is 648. The maximum Gasteiger partial charge on any atom is 0.256 e. The van der Waals surface area contributed by atoms with Crippen LogP contribution in [0.1, 0.15) is 38.7 Å². The van der Waals surface area contributed by atoms with Gasteiger partial charge in [-0.2, -0.15) is 0 Å². The molecule has 0 saturated carbocycles. The summed E-state index contributed by atoms with van der Waals surface area (Å²) in [5, 5.41) is 20.7. The molecule has 0 aromatic heterocycles. The van der Waals surface area contributed by atoms with Crippen molar-refractivity contribution in [3.05, 3.63) is 35.4 Å². The lowest BCUT2D eigenvalue weighted by molar-refractivity contribution is -0.160. The van der Waals surface area contributed by atoms with Crippen LogP contribution in [0.3, 0.4) is 0 Å². The van der Waals surface area contributed by atoms with Crippen LogP contribution in [0.4, 0.5) is 8.78 Å². The minimum absolute atomic E-state index is 0.131. The highest BCUT2D eigenvalue weighted by molar-refractivity contribution is 5.86. The number of amides is 1. The van der Waals surface area contributed by atoms with Crippen molar-refractivity contribution in [3.8, 4) is 0 Å². The summed E-state index contributed by atoms with van der Waals surface area (Å²) in [6.45, 7) is 4.73. The molecule has 26 heavy (non-hydrogen) atoms. The summed E-state index contributed by atoms with van der Waals surface area (Å²) in [7, 11) is 1.80. The molecule has 0 bridgehead atoms. The number of halogens is 2. The highest BCUT2D eigenvalue weighted by atomic mass is 19.2. The molecule has 2 rings (SSSR count). The van der Waals surface area contributed by atoms with Crippen LogP contribution in [0.5, 0.6) is 0 Å². The third kappa shape index (κ3) is 5.46. The molecule has 1 amide bonds. The van der Waals surface area contributed by atoms with Gasteiger partial charge in [0.1, 0.15) is 0 Å². The molecular formula is C19H28F2N2O3. The summed E-state index contributed by atoms with van der Waals surface area (Å²) in [5.41, 5.74) is -1.84. The summed E-state index contributed by atoms with van der Waals surface area (Å²) in [5.74, 6) is -2.28. The van der Waals surface area contributed by atoms with E-state index in [0.717, 1.165) is 12.1 Å². The van der Waals surface area contributed by atoms with E-state index in [1.807, 2.05) is 4.90 Å². The van der Waals surface area contributed by atoms with E-state index < -0.39 is 28.7 Å². The summed E-state index contributed by atoms with van der Waals surface area (Å²) in [6, 6.07) is 3.55. The van der Waals surface area contributed by atoms with Gasteiger partial charge in [0.25, 0.3) is 5.91 Å². The molecule has 0 radical (unpaired) electrons. The smallest absolute Gasteiger partial charge is 0.256 e. The summed E-state index contributed by atoms with van der Waals surface area (Å²) < 4.78 is 26.4. The van der Waals surface area contributed by atoms with Gasteiger partial charge in [-0.25, -0.2) is 8.78 Å². The van der Waals surface area contributed by atoms with Crippen LogP contribution in [0, 0.1) is 11.6 Å². The number of likely N-dealkylation sites (tertiary alicyclic amines) is 1. The lowest BCUT2D eigenvalue weighted by Crippen LogP contribution is -2.58. The Labute approximate surface area is 153 Å². The number of likely N-dealkylation sites (N-methyl/N-ethyl adjacent to an activating group) is 1. The Hall–Kier alpha value is -1.57. The lowest BCUT2D eigenvalue weighted by Gasteiger charge is -2.40. The molecule has 1 aromatic rings. The Morgan fingerprint density at radius 3 is 2.62 bits per heavy atom. The highest BCUT2D eigenvalue weighted by Gasteiger charge is 2.42. The second kappa shape index (κ2) is 7.98. The van der Waals surface area contributed by atoms with Crippen LogP contribution < -0.4 is 0 Å². The molecule has 5 nitrogen and oxygen atoms in total. The highest BCUT2D eigenvalue weighted by Crippen LogP contribution is 2.26. The minimum Gasteiger partial charge on any atom is -0.390 e. The first-order valence-electron chi connectivity index (χ1n) is 8.87. The van der Waals surface area contributed by atoms with Gasteiger partial charge < -0.3 is 20.0 Å². The van der Waals surface area contributed by atoms with Crippen LogP contribution >= 0.6 is 0 Å². The van der Waals surface area contributed by atoms with E-state index in [2.05, 4.69) is 0 Å². The molecule has 0 unspecified atom stereocenters. The molecule has 146 valence electrons. The number of piperidine rings is 1. The quantitative estimate of drug-likeness (QED) is 0.770. The SMILES string of the molecule is CN(CCC(C)(C)O)C[C@]1(O)CCCN(Cc2ccc(F)c(F)c2)C1=O. The topological polar surface area (TPSA) is 64.0 Å². The number of nitrogens with zero attached hydrogens (tertiary/aromatic N) is 2. The van der Waals surface area contributed by atoms with Crippen molar-refractivity contribution in [2.24, 2.45) is 0 Å². The zero-order chi connectivity index (χ0) is 19.5. The fourth-order valence-electron chi connectivity index (χ4n) is 3.21. The van der Waals surface area contributed by atoms with Crippen molar-refractivity contribution >= 4 is 5.91 Å². The summed E-state index contributed by atoms with van der Waals surface area (Å²) in [4.78, 5) is 16.1. The van der Waals surface area contributed by atoms with E-state index in [9.17, 15) is 23.8 Å². The number of aliphatic hydroxyl groups is 2. The fraction of sp³-hybridized carbons (Fsp3) is 0.632. The molecule has 2 N–H and O–H groups in total. The minimum atomic E-state index is -1.51. The number of rotatable bonds is 7. The second-order valence-corrected chi connectivity index (χ2v) is 7.91. The molecule has 1 aliphatic heterocycles. The van der Waals surface area contributed by atoms with Gasteiger partial charge in [0.15, 0.2) is 17.2 Å². The van der Waals surface area contributed by atoms with Crippen LogP contribution in [0.15, 0.2) is 18.2 Å². The standard InChI is InChI=1S/C19H28F2N2O3/c1-18(2,25)8-10-22(3)13-19(26)7-4-9-23(17(19)24)12-14-5-6-15(20)16(21)11-14/h5-6,11,25-26H,4,7-10,12-13H2,1-3H3/t19-/m1/s1. The Kier molecular flexibility index (Phi) is 6.37. The molecule has 1 aliphatic rings. The zero-order valence-electron chi connectivity index (χ0n) is 15.6. The molecule has 1 atom stereocenters. The van der Waals surface area contributed by atoms with E-state index >= 15 is 0 Å². The van der Waals surface area contributed by atoms with Gasteiger partial charge in [-0.1, -0.05) is 6.07 Å². The van der Waals surface area contributed by atoms with Crippen molar-refractivity contribution in [2.75, 3.05) is 26.7 Å². The monoisotopic (exact) mass is 370 g/mol. The van der Waals surface area contributed by atoms with E-state index in [1.54, 1.807) is 20.9 Å². The maximum atomic E-state index is 13.4. The van der Waals surface area contributed by atoms with Crippen LogP contribution in [-0.2, 0) is 11.3 Å². The summed E-state index contributed by atoms with van der Waals surface area (Å²) in [6.07, 6.45) is 1.50. The number of carbonyl (C=O) groups excluding carboxylic acids is 1. The Morgan fingerprint density at radius 1 is 1.31 bits per heavy atom. The van der Waals surface area contributed by atoms with Crippen molar-refractivity contribution in [1.82, 2.24) is 9.80 Å². The van der Waals surface area contributed by atoms with Gasteiger partial charge in [0.2, 0.25) is 0 Å². The van der Waals surface area contributed by atoms with Crippen molar-refractivity contribution < 1.29 is 23.8 Å². The predicted molar refractivity (Wildman–Crippen MR) is 94.4 cm³/mol. The number of carbonyl (C=O) groups is 1. The molecule has 1 saturated heterocycles. The van der Waals surface area contributed by atoms with Crippen LogP contribution in [0.25, 0.3) is 0 Å². The predicted octanol–water partition coefficient (Wildman–Crippen LogP) is 1.91. The van der Waals surface area contributed by atoms with E-state index in [0.29, 0.717) is 37.9 Å². The molecule has 1 aromatic carbocycles. The number of hydrogen-bond acceptors (Lipinski definition) is 4. The summed E-state index contributed by atoms with van der Waals surface area (Å²) >= 11 is 0. The van der Waals surface area contributed by atoms with Gasteiger partial charge in [0.05, 0.1) is 5.60 Å². The third-order valence-corrected chi connectivity index (χ3v) is 4.70. The average molecular weight is 370 g/mol.